The highest BCUT2D eigenvalue weighted by Gasteiger charge is 2.34. The number of piperazine rings is 1. The maximum absolute atomic E-state index is 13.4. The van der Waals surface area contributed by atoms with Gasteiger partial charge >= 0.3 is 0 Å². The van der Waals surface area contributed by atoms with E-state index in [0.29, 0.717) is 17.2 Å². The lowest BCUT2D eigenvalue weighted by molar-refractivity contribution is -0.117. The summed E-state index contributed by atoms with van der Waals surface area (Å²) in [5.74, 6) is -0.381. The van der Waals surface area contributed by atoms with Crippen LogP contribution in [0.15, 0.2) is 66.7 Å². The van der Waals surface area contributed by atoms with Crippen LogP contribution in [0.4, 0.5) is 9.52 Å². The molecule has 33 heavy (non-hydrogen) atoms. The molecule has 7 heteroatoms. The number of benzene rings is 3. The van der Waals surface area contributed by atoms with Crippen LogP contribution < -0.4 is 5.32 Å². The van der Waals surface area contributed by atoms with E-state index in [9.17, 15) is 9.18 Å². The third-order valence-electron chi connectivity index (χ3n) is 6.54. The van der Waals surface area contributed by atoms with Crippen molar-refractivity contribution in [1.29, 1.82) is 0 Å². The number of anilines is 1. The third kappa shape index (κ3) is 3.82. The lowest BCUT2D eigenvalue weighted by Gasteiger charge is -2.38. The second-order valence-corrected chi connectivity index (χ2v) is 9.60. The van der Waals surface area contributed by atoms with Gasteiger partial charge in [0, 0.05) is 26.2 Å². The Morgan fingerprint density at radius 2 is 1.64 bits per heavy atom. The van der Waals surface area contributed by atoms with E-state index in [1.807, 2.05) is 0 Å². The van der Waals surface area contributed by atoms with Crippen molar-refractivity contribution in [2.24, 2.45) is 0 Å². The standard InChI is InChI=1S/C26H23FN4OS/c27-17-9-10-22-23(15-17)33-26(28-22)29-24(32)16-30-11-13-31(14-12-30)25-20-7-3-1-5-18(20)19-6-2-4-8-21(19)25/h1-10,15,25H,11-14,16H2,(H,28,29,32). The number of hydrogen-bond acceptors (Lipinski definition) is 5. The van der Waals surface area contributed by atoms with Crippen molar-refractivity contribution in [1.82, 2.24) is 14.8 Å². The van der Waals surface area contributed by atoms with Gasteiger partial charge in [0.2, 0.25) is 5.91 Å². The molecule has 0 saturated carbocycles. The Kier molecular flexibility index (Phi) is 5.17. The number of thiazole rings is 1. The van der Waals surface area contributed by atoms with E-state index in [-0.39, 0.29) is 17.8 Å². The van der Waals surface area contributed by atoms with E-state index < -0.39 is 0 Å². The summed E-state index contributed by atoms with van der Waals surface area (Å²) in [5, 5.41) is 3.39. The molecule has 5 nitrogen and oxygen atoms in total. The number of halogens is 1. The number of nitrogens with zero attached hydrogens (tertiary/aromatic N) is 3. The zero-order valence-corrected chi connectivity index (χ0v) is 18.8. The summed E-state index contributed by atoms with van der Waals surface area (Å²) in [6, 6.07) is 22.1. The zero-order valence-electron chi connectivity index (χ0n) is 18.0. The van der Waals surface area contributed by atoms with Crippen LogP contribution in [0.2, 0.25) is 0 Å². The van der Waals surface area contributed by atoms with Crippen LogP contribution in [-0.2, 0) is 4.79 Å². The molecule has 6 rings (SSSR count). The average molecular weight is 459 g/mol. The van der Waals surface area contributed by atoms with Crippen molar-refractivity contribution in [3.05, 3.63) is 83.7 Å². The van der Waals surface area contributed by atoms with Gasteiger partial charge < -0.3 is 5.32 Å². The summed E-state index contributed by atoms with van der Waals surface area (Å²) in [5.41, 5.74) is 6.10. The Morgan fingerprint density at radius 1 is 0.970 bits per heavy atom. The Hall–Kier alpha value is -3.13. The van der Waals surface area contributed by atoms with Crippen molar-refractivity contribution < 1.29 is 9.18 Å². The van der Waals surface area contributed by atoms with Gasteiger partial charge in [-0.2, -0.15) is 0 Å². The summed E-state index contributed by atoms with van der Waals surface area (Å²) in [6.07, 6.45) is 0. The minimum Gasteiger partial charge on any atom is -0.301 e. The van der Waals surface area contributed by atoms with Gasteiger partial charge in [-0.3, -0.25) is 14.6 Å². The monoisotopic (exact) mass is 458 g/mol. The van der Waals surface area contributed by atoms with Gasteiger partial charge in [-0.05, 0) is 40.5 Å². The molecule has 0 unspecified atom stereocenters. The molecule has 0 spiro atoms. The first kappa shape index (κ1) is 20.5. The molecular weight excluding hydrogens is 435 g/mol. The first-order valence-electron chi connectivity index (χ1n) is 11.2. The topological polar surface area (TPSA) is 48.5 Å². The summed E-state index contributed by atoms with van der Waals surface area (Å²) in [7, 11) is 0. The SMILES string of the molecule is O=C(CN1CCN(C2c3ccccc3-c3ccccc32)CC1)Nc1nc2ccc(F)cc2s1. The molecule has 1 fully saturated rings. The van der Waals surface area contributed by atoms with E-state index in [1.165, 1.54) is 45.7 Å². The average Bonchev–Trinajstić information content (AvgIpc) is 3.37. The molecule has 1 aliphatic heterocycles. The molecule has 1 aromatic heterocycles. The van der Waals surface area contributed by atoms with Crippen LogP contribution in [0.1, 0.15) is 17.2 Å². The fraction of sp³-hybridized carbons (Fsp3) is 0.231. The fourth-order valence-electron chi connectivity index (χ4n) is 5.02. The van der Waals surface area contributed by atoms with Gasteiger partial charge in [-0.25, -0.2) is 9.37 Å². The first-order chi connectivity index (χ1) is 16.2. The number of aromatic nitrogens is 1. The second-order valence-electron chi connectivity index (χ2n) is 8.57. The van der Waals surface area contributed by atoms with Crippen LogP contribution in [-0.4, -0.2) is 53.4 Å². The predicted octanol–water partition coefficient (Wildman–Crippen LogP) is 4.76. The number of fused-ring (bicyclic) bond motifs is 4. The number of carbonyl (C=O) groups excluding carboxylic acids is 1. The Balaban J connectivity index is 1.10. The van der Waals surface area contributed by atoms with Crippen LogP contribution in [0.3, 0.4) is 0 Å². The Morgan fingerprint density at radius 3 is 2.33 bits per heavy atom. The quantitative estimate of drug-likeness (QED) is 0.479. The van der Waals surface area contributed by atoms with E-state index in [0.717, 1.165) is 30.9 Å². The highest BCUT2D eigenvalue weighted by atomic mass is 32.1. The molecule has 3 aromatic carbocycles. The van der Waals surface area contributed by atoms with Crippen LogP contribution >= 0.6 is 11.3 Å². The molecule has 2 heterocycles. The smallest absolute Gasteiger partial charge is 0.240 e. The van der Waals surface area contributed by atoms with Crippen LogP contribution in [0, 0.1) is 5.82 Å². The van der Waals surface area contributed by atoms with Gasteiger partial charge in [0.25, 0.3) is 0 Å². The van der Waals surface area contributed by atoms with Crippen molar-refractivity contribution >= 4 is 32.6 Å². The van der Waals surface area contributed by atoms with Crippen LogP contribution in [0.5, 0.6) is 0 Å². The van der Waals surface area contributed by atoms with Crippen LogP contribution in [0.25, 0.3) is 21.3 Å². The highest BCUT2D eigenvalue weighted by Crippen LogP contribution is 2.46. The number of nitrogens with one attached hydrogen (secondary N) is 1. The predicted molar refractivity (Wildman–Crippen MR) is 130 cm³/mol. The number of rotatable bonds is 4. The minimum atomic E-state index is -0.297. The van der Waals surface area contributed by atoms with Gasteiger partial charge in [-0.1, -0.05) is 59.9 Å². The molecule has 1 N–H and O–H groups in total. The Bertz CT molecular complexity index is 1300. The van der Waals surface area contributed by atoms with Gasteiger partial charge in [-0.15, -0.1) is 0 Å². The molecule has 1 amide bonds. The largest absolute Gasteiger partial charge is 0.301 e. The zero-order chi connectivity index (χ0) is 22.4. The summed E-state index contributed by atoms with van der Waals surface area (Å²) < 4.78 is 14.1. The third-order valence-corrected chi connectivity index (χ3v) is 7.47. The minimum absolute atomic E-state index is 0.0838. The molecule has 1 saturated heterocycles. The first-order valence-corrected chi connectivity index (χ1v) is 12.0. The van der Waals surface area contributed by atoms with Gasteiger partial charge in [0.1, 0.15) is 5.82 Å². The molecule has 0 bridgehead atoms. The Labute approximate surface area is 195 Å². The summed E-state index contributed by atoms with van der Waals surface area (Å²) >= 11 is 1.30. The summed E-state index contributed by atoms with van der Waals surface area (Å²) in [6.45, 7) is 3.80. The molecule has 166 valence electrons. The highest BCUT2D eigenvalue weighted by molar-refractivity contribution is 7.22. The molecule has 4 aromatic rings. The van der Waals surface area contributed by atoms with E-state index in [1.54, 1.807) is 6.07 Å². The molecule has 1 aliphatic carbocycles. The lowest BCUT2D eigenvalue weighted by Crippen LogP contribution is -2.49. The maximum Gasteiger partial charge on any atom is 0.240 e. The van der Waals surface area contributed by atoms with E-state index in [2.05, 4.69) is 68.6 Å². The maximum atomic E-state index is 13.4. The fourth-order valence-corrected chi connectivity index (χ4v) is 5.92. The van der Waals surface area contributed by atoms with Crippen molar-refractivity contribution in [2.45, 2.75) is 6.04 Å². The van der Waals surface area contributed by atoms with Crippen molar-refractivity contribution in [3.8, 4) is 11.1 Å². The number of amides is 1. The lowest BCUT2D eigenvalue weighted by atomic mass is 10.0. The van der Waals surface area contributed by atoms with Gasteiger partial charge in [0.15, 0.2) is 5.13 Å². The second kappa shape index (κ2) is 8.33. The summed E-state index contributed by atoms with van der Waals surface area (Å²) in [4.78, 5) is 21.7. The number of carbonyl (C=O) groups is 1. The molecular formula is C26H23FN4OS. The molecule has 2 aliphatic rings. The van der Waals surface area contributed by atoms with Gasteiger partial charge in [0.05, 0.1) is 22.8 Å². The normalized spacial score (nSPS) is 16.6. The van der Waals surface area contributed by atoms with E-state index >= 15 is 0 Å². The van der Waals surface area contributed by atoms with E-state index in [4.69, 9.17) is 0 Å². The van der Waals surface area contributed by atoms with Crippen molar-refractivity contribution in [2.75, 3.05) is 38.0 Å². The van der Waals surface area contributed by atoms with Crippen molar-refractivity contribution in [3.63, 3.8) is 0 Å². The molecule has 0 radical (unpaired) electrons. The number of hydrogen-bond donors (Lipinski definition) is 1. The molecule has 0 atom stereocenters.